The summed E-state index contributed by atoms with van der Waals surface area (Å²) in [6.07, 6.45) is 3.79. The molecule has 0 aliphatic carbocycles. The molecule has 0 spiro atoms. The number of halogens is 1. The highest BCUT2D eigenvalue weighted by Gasteiger charge is 2.20. The number of hydrogen-bond acceptors (Lipinski definition) is 3. The topological polar surface area (TPSA) is 59.0 Å². The second-order valence-electron chi connectivity index (χ2n) is 5.91. The second-order valence-corrected chi connectivity index (χ2v) is 5.91. The van der Waals surface area contributed by atoms with Crippen molar-refractivity contribution in [2.45, 2.75) is 32.7 Å². The van der Waals surface area contributed by atoms with Crippen LogP contribution in [0.5, 0.6) is 0 Å². The SMILES string of the molecule is Cc1cccc(-n2ncc(C(=O)N[C@H]3CCCNC3)c2C)c1.Cl. The second kappa shape index (κ2) is 7.62. The summed E-state index contributed by atoms with van der Waals surface area (Å²) < 4.78 is 1.82. The zero-order valence-electron chi connectivity index (χ0n) is 13.5. The van der Waals surface area contributed by atoms with Crippen LogP contribution in [0.4, 0.5) is 0 Å². The van der Waals surface area contributed by atoms with E-state index >= 15 is 0 Å². The third-order valence-corrected chi connectivity index (χ3v) is 4.13. The van der Waals surface area contributed by atoms with Crippen LogP contribution in [-0.4, -0.2) is 34.8 Å². The van der Waals surface area contributed by atoms with Gasteiger partial charge in [0, 0.05) is 12.6 Å². The molecule has 1 fully saturated rings. The number of piperidine rings is 1. The van der Waals surface area contributed by atoms with Crippen LogP contribution in [0.1, 0.15) is 34.5 Å². The molecular weight excluding hydrogens is 312 g/mol. The highest BCUT2D eigenvalue weighted by Crippen LogP contribution is 2.15. The van der Waals surface area contributed by atoms with E-state index < -0.39 is 0 Å². The van der Waals surface area contributed by atoms with Crippen LogP contribution < -0.4 is 10.6 Å². The number of benzene rings is 1. The van der Waals surface area contributed by atoms with Crippen LogP contribution in [0.25, 0.3) is 5.69 Å². The fourth-order valence-electron chi connectivity index (χ4n) is 2.89. The highest BCUT2D eigenvalue weighted by molar-refractivity contribution is 5.95. The van der Waals surface area contributed by atoms with Crippen molar-refractivity contribution < 1.29 is 4.79 Å². The minimum absolute atomic E-state index is 0. The first kappa shape index (κ1) is 17.5. The molecule has 1 saturated heterocycles. The Labute approximate surface area is 142 Å². The molecule has 0 saturated carbocycles. The fourth-order valence-corrected chi connectivity index (χ4v) is 2.89. The van der Waals surface area contributed by atoms with Gasteiger partial charge in [0.05, 0.1) is 23.1 Å². The summed E-state index contributed by atoms with van der Waals surface area (Å²) in [5, 5.41) is 10.8. The number of nitrogens with zero attached hydrogens (tertiary/aromatic N) is 2. The van der Waals surface area contributed by atoms with Crippen molar-refractivity contribution in [3.63, 3.8) is 0 Å². The van der Waals surface area contributed by atoms with Gasteiger partial charge in [0.15, 0.2) is 0 Å². The maximum atomic E-state index is 12.5. The van der Waals surface area contributed by atoms with Gasteiger partial charge in [0.2, 0.25) is 0 Å². The maximum absolute atomic E-state index is 12.5. The van der Waals surface area contributed by atoms with Crippen molar-refractivity contribution in [2.75, 3.05) is 13.1 Å². The third-order valence-electron chi connectivity index (χ3n) is 4.13. The lowest BCUT2D eigenvalue weighted by Gasteiger charge is -2.23. The van der Waals surface area contributed by atoms with Crippen LogP contribution in [0, 0.1) is 13.8 Å². The molecule has 1 aromatic heterocycles. The van der Waals surface area contributed by atoms with Gasteiger partial charge in [-0.05, 0) is 50.9 Å². The molecule has 2 N–H and O–H groups in total. The van der Waals surface area contributed by atoms with E-state index in [1.807, 2.05) is 36.7 Å². The van der Waals surface area contributed by atoms with Gasteiger partial charge in [0.25, 0.3) is 5.91 Å². The Hall–Kier alpha value is -1.85. The summed E-state index contributed by atoms with van der Waals surface area (Å²) in [7, 11) is 0. The number of rotatable bonds is 3. The Balaban J connectivity index is 0.00000192. The van der Waals surface area contributed by atoms with Crippen molar-refractivity contribution in [3.05, 3.63) is 47.3 Å². The van der Waals surface area contributed by atoms with Crippen LogP contribution in [0.15, 0.2) is 30.5 Å². The minimum Gasteiger partial charge on any atom is -0.348 e. The first-order valence-corrected chi connectivity index (χ1v) is 7.78. The molecule has 3 rings (SSSR count). The molecule has 2 heterocycles. The highest BCUT2D eigenvalue weighted by atomic mass is 35.5. The molecule has 1 amide bonds. The lowest BCUT2D eigenvalue weighted by atomic mass is 10.1. The number of carbonyl (C=O) groups excluding carboxylic acids is 1. The molecule has 2 aromatic rings. The van der Waals surface area contributed by atoms with Gasteiger partial charge in [-0.3, -0.25) is 4.79 Å². The smallest absolute Gasteiger partial charge is 0.255 e. The summed E-state index contributed by atoms with van der Waals surface area (Å²) in [6, 6.07) is 8.32. The van der Waals surface area contributed by atoms with E-state index in [4.69, 9.17) is 0 Å². The molecule has 0 unspecified atom stereocenters. The number of amides is 1. The van der Waals surface area contributed by atoms with Gasteiger partial charge in [0.1, 0.15) is 0 Å². The average Bonchev–Trinajstić information content (AvgIpc) is 2.90. The van der Waals surface area contributed by atoms with E-state index in [0.717, 1.165) is 37.3 Å². The van der Waals surface area contributed by atoms with E-state index in [2.05, 4.69) is 21.8 Å². The minimum atomic E-state index is -0.0369. The largest absolute Gasteiger partial charge is 0.348 e. The van der Waals surface area contributed by atoms with Gasteiger partial charge >= 0.3 is 0 Å². The Morgan fingerprint density at radius 3 is 2.91 bits per heavy atom. The molecule has 1 aliphatic heterocycles. The molecule has 0 bridgehead atoms. The van der Waals surface area contributed by atoms with E-state index in [-0.39, 0.29) is 24.4 Å². The summed E-state index contributed by atoms with van der Waals surface area (Å²) >= 11 is 0. The molecule has 1 aliphatic rings. The molecular formula is C17H23ClN4O. The van der Waals surface area contributed by atoms with Crippen molar-refractivity contribution in [1.82, 2.24) is 20.4 Å². The Bertz CT molecular complexity index is 677. The lowest BCUT2D eigenvalue weighted by Crippen LogP contribution is -2.45. The Kier molecular flexibility index (Phi) is 5.80. The number of carbonyl (C=O) groups is 1. The van der Waals surface area contributed by atoms with Crippen molar-refractivity contribution in [3.8, 4) is 5.69 Å². The summed E-state index contributed by atoms with van der Waals surface area (Å²) in [4.78, 5) is 12.5. The predicted octanol–water partition coefficient (Wildman–Crippen LogP) is 2.39. The van der Waals surface area contributed by atoms with Gasteiger partial charge in [-0.1, -0.05) is 12.1 Å². The normalized spacial score (nSPS) is 17.4. The summed E-state index contributed by atoms with van der Waals surface area (Å²) in [5.41, 5.74) is 3.67. The number of nitrogens with one attached hydrogen (secondary N) is 2. The quantitative estimate of drug-likeness (QED) is 0.906. The average molecular weight is 335 g/mol. The van der Waals surface area contributed by atoms with E-state index in [9.17, 15) is 4.79 Å². The molecule has 23 heavy (non-hydrogen) atoms. The van der Waals surface area contributed by atoms with Gasteiger partial charge in [-0.15, -0.1) is 12.4 Å². The molecule has 1 aromatic carbocycles. The maximum Gasteiger partial charge on any atom is 0.255 e. The monoisotopic (exact) mass is 334 g/mol. The van der Waals surface area contributed by atoms with Crippen LogP contribution >= 0.6 is 12.4 Å². The molecule has 124 valence electrons. The van der Waals surface area contributed by atoms with Gasteiger partial charge in [-0.2, -0.15) is 5.10 Å². The van der Waals surface area contributed by atoms with Gasteiger partial charge < -0.3 is 10.6 Å². The molecule has 1 atom stereocenters. The van der Waals surface area contributed by atoms with E-state index in [0.29, 0.717) is 5.56 Å². The van der Waals surface area contributed by atoms with Crippen LogP contribution in [-0.2, 0) is 0 Å². The lowest BCUT2D eigenvalue weighted by molar-refractivity contribution is 0.0930. The van der Waals surface area contributed by atoms with Crippen LogP contribution in [0.3, 0.4) is 0 Å². The first-order valence-electron chi connectivity index (χ1n) is 7.78. The van der Waals surface area contributed by atoms with Crippen LogP contribution in [0.2, 0.25) is 0 Å². The van der Waals surface area contributed by atoms with Crippen molar-refractivity contribution >= 4 is 18.3 Å². The number of aromatic nitrogens is 2. The standard InChI is InChI=1S/C17H22N4O.ClH/c1-12-5-3-7-15(9-12)21-13(2)16(11-19-21)17(22)20-14-6-4-8-18-10-14;/h3,5,7,9,11,14,18H,4,6,8,10H2,1-2H3,(H,20,22);1H/t14-;/m0./s1. The zero-order valence-corrected chi connectivity index (χ0v) is 14.3. The Morgan fingerprint density at radius 1 is 1.39 bits per heavy atom. The predicted molar refractivity (Wildman–Crippen MR) is 93.6 cm³/mol. The van der Waals surface area contributed by atoms with Crippen molar-refractivity contribution in [2.24, 2.45) is 0 Å². The van der Waals surface area contributed by atoms with E-state index in [1.54, 1.807) is 6.20 Å². The summed E-state index contributed by atoms with van der Waals surface area (Å²) in [6.45, 7) is 5.86. The first-order chi connectivity index (χ1) is 10.6. The summed E-state index contributed by atoms with van der Waals surface area (Å²) in [5.74, 6) is -0.0369. The third kappa shape index (κ3) is 3.92. The molecule has 0 radical (unpaired) electrons. The zero-order chi connectivity index (χ0) is 15.5. The van der Waals surface area contributed by atoms with Crippen molar-refractivity contribution in [1.29, 1.82) is 0 Å². The molecule has 6 heteroatoms. The van der Waals surface area contributed by atoms with Gasteiger partial charge in [-0.25, -0.2) is 4.68 Å². The number of hydrogen-bond donors (Lipinski definition) is 2. The fraction of sp³-hybridized carbons (Fsp3) is 0.412. The molecule has 5 nitrogen and oxygen atoms in total. The Morgan fingerprint density at radius 2 is 2.22 bits per heavy atom. The number of aryl methyl sites for hydroxylation is 1. The van der Waals surface area contributed by atoms with E-state index in [1.165, 1.54) is 5.56 Å².